The third-order valence-electron chi connectivity index (χ3n) is 5.97. The summed E-state index contributed by atoms with van der Waals surface area (Å²) in [6.45, 7) is 2.96. The van der Waals surface area contributed by atoms with Crippen molar-refractivity contribution < 1.29 is 14.0 Å². The molecule has 36 heavy (non-hydrogen) atoms. The van der Waals surface area contributed by atoms with Crippen molar-refractivity contribution in [2.45, 2.75) is 33.0 Å². The number of carbonyl (C=O) groups is 2. The molecule has 0 aliphatic carbocycles. The Morgan fingerprint density at radius 3 is 2.86 bits per heavy atom. The van der Waals surface area contributed by atoms with Gasteiger partial charge in [-0.2, -0.15) is 0 Å². The van der Waals surface area contributed by atoms with Crippen LogP contribution in [0.1, 0.15) is 29.4 Å². The third kappa shape index (κ3) is 4.98. The Morgan fingerprint density at radius 1 is 1.22 bits per heavy atom. The molecule has 1 fully saturated rings. The van der Waals surface area contributed by atoms with E-state index in [1.54, 1.807) is 29.6 Å². The van der Waals surface area contributed by atoms with Crippen LogP contribution in [0.15, 0.2) is 76.6 Å². The summed E-state index contributed by atoms with van der Waals surface area (Å²) in [5.41, 5.74) is 3.92. The van der Waals surface area contributed by atoms with Crippen molar-refractivity contribution in [3.63, 3.8) is 0 Å². The number of para-hydroxylation sites is 1. The molecular weight excluding hydrogens is 492 g/mol. The largest absolute Gasteiger partial charge is 0.467 e. The SMILES string of the molecule is CCc1cccc2c(/C=C3\SC(=S)N(Cc4cccnc4)C3=O)cn(CC(=O)NCc3ccco3)c12. The highest BCUT2D eigenvalue weighted by Gasteiger charge is 2.32. The molecule has 0 saturated carbocycles. The van der Waals surface area contributed by atoms with Crippen LogP contribution >= 0.6 is 24.0 Å². The zero-order valence-electron chi connectivity index (χ0n) is 19.6. The summed E-state index contributed by atoms with van der Waals surface area (Å²) in [5, 5.41) is 3.90. The smallest absolute Gasteiger partial charge is 0.266 e. The highest BCUT2D eigenvalue weighted by atomic mass is 32.2. The molecule has 0 spiro atoms. The number of furan rings is 1. The van der Waals surface area contributed by atoms with E-state index in [1.165, 1.54) is 11.8 Å². The third-order valence-corrected chi connectivity index (χ3v) is 7.35. The normalized spacial score (nSPS) is 14.8. The number of carbonyl (C=O) groups excluding carboxylic acids is 2. The Kier molecular flexibility index (Phi) is 7.02. The van der Waals surface area contributed by atoms with Gasteiger partial charge >= 0.3 is 0 Å². The number of aryl methyl sites for hydroxylation is 1. The molecule has 4 heterocycles. The monoisotopic (exact) mass is 516 g/mol. The lowest BCUT2D eigenvalue weighted by molar-refractivity contribution is -0.123. The average Bonchev–Trinajstić information content (AvgIpc) is 3.60. The van der Waals surface area contributed by atoms with Gasteiger partial charge < -0.3 is 14.3 Å². The lowest BCUT2D eigenvalue weighted by Gasteiger charge is -2.13. The molecule has 4 aromatic rings. The quantitative estimate of drug-likeness (QED) is 0.265. The molecule has 0 radical (unpaired) electrons. The van der Waals surface area contributed by atoms with E-state index in [1.807, 2.05) is 47.2 Å². The maximum atomic E-state index is 13.2. The first-order valence-corrected chi connectivity index (χ1v) is 12.8. The number of nitrogens with zero attached hydrogens (tertiary/aromatic N) is 3. The second-order valence-electron chi connectivity index (χ2n) is 8.36. The number of aromatic nitrogens is 2. The van der Waals surface area contributed by atoms with Crippen LogP contribution in [0.3, 0.4) is 0 Å². The fourth-order valence-electron chi connectivity index (χ4n) is 4.25. The van der Waals surface area contributed by atoms with Crippen molar-refractivity contribution in [1.29, 1.82) is 0 Å². The zero-order chi connectivity index (χ0) is 25.1. The number of benzene rings is 1. The number of amides is 2. The molecule has 182 valence electrons. The summed E-state index contributed by atoms with van der Waals surface area (Å²) in [6.07, 6.45) is 9.65. The van der Waals surface area contributed by atoms with Gasteiger partial charge in [0.05, 0.1) is 29.8 Å². The van der Waals surface area contributed by atoms with Crippen molar-refractivity contribution in [3.8, 4) is 0 Å². The van der Waals surface area contributed by atoms with Gasteiger partial charge in [-0.25, -0.2) is 0 Å². The van der Waals surface area contributed by atoms with E-state index in [0.29, 0.717) is 28.1 Å². The van der Waals surface area contributed by atoms with Crippen LogP contribution in [0.4, 0.5) is 0 Å². The summed E-state index contributed by atoms with van der Waals surface area (Å²) in [7, 11) is 0. The van der Waals surface area contributed by atoms with Crippen LogP contribution in [-0.4, -0.2) is 30.6 Å². The van der Waals surface area contributed by atoms with Crippen molar-refractivity contribution >= 4 is 57.1 Å². The number of hydrogen-bond acceptors (Lipinski definition) is 6. The first-order valence-electron chi connectivity index (χ1n) is 11.6. The fraction of sp³-hybridized carbons (Fsp3) is 0.185. The molecular formula is C27H24N4O3S2. The molecule has 1 aromatic carbocycles. The highest BCUT2D eigenvalue weighted by Crippen LogP contribution is 2.35. The van der Waals surface area contributed by atoms with Crippen molar-refractivity contribution in [3.05, 3.63) is 94.7 Å². The molecule has 2 amide bonds. The van der Waals surface area contributed by atoms with Gasteiger partial charge in [0.1, 0.15) is 16.6 Å². The van der Waals surface area contributed by atoms with Gasteiger partial charge in [0.2, 0.25) is 5.91 Å². The lowest BCUT2D eigenvalue weighted by Crippen LogP contribution is -2.27. The van der Waals surface area contributed by atoms with E-state index in [9.17, 15) is 9.59 Å². The fourth-order valence-corrected chi connectivity index (χ4v) is 5.50. The average molecular weight is 517 g/mol. The van der Waals surface area contributed by atoms with E-state index in [4.69, 9.17) is 16.6 Å². The summed E-state index contributed by atoms with van der Waals surface area (Å²) >= 11 is 6.81. The van der Waals surface area contributed by atoms with Gasteiger partial charge in [0.15, 0.2) is 0 Å². The second-order valence-corrected chi connectivity index (χ2v) is 10.0. The zero-order valence-corrected chi connectivity index (χ0v) is 21.3. The predicted octanol–water partition coefficient (Wildman–Crippen LogP) is 4.91. The topological polar surface area (TPSA) is 80.4 Å². The minimum atomic E-state index is -0.127. The van der Waals surface area contributed by atoms with E-state index in [0.717, 1.165) is 34.0 Å². The Bertz CT molecular complexity index is 1460. The number of thioether (sulfide) groups is 1. The maximum Gasteiger partial charge on any atom is 0.266 e. The molecule has 0 atom stereocenters. The lowest BCUT2D eigenvalue weighted by atomic mass is 10.1. The van der Waals surface area contributed by atoms with Crippen LogP contribution < -0.4 is 5.32 Å². The summed E-state index contributed by atoms with van der Waals surface area (Å²) in [6, 6.07) is 13.5. The van der Waals surface area contributed by atoms with Gasteiger partial charge in [0, 0.05) is 29.5 Å². The Labute approximate surface area is 218 Å². The number of nitrogens with one attached hydrogen (secondary N) is 1. The van der Waals surface area contributed by atoms with E-state index in [2.05, 4.69) is 23.3 Å². The van der Waals surface area contributed by atoms with E-state index < -0.39 is 0 Å². The van der Waals surface area contributed by atoms with Gasteiger partial charge in [0.25, 0.3) is 5.91 Å². The van der Waals surface area contributed by atoms with Crippen LogP contribution in [0.25, 0.3) is 17.0 Å². The number of thiocarbonyl (C=S) groups is 1. The second kappa shape index (κ2) is 10.5. The van der Waals surface area contributed by atoms with Crippen LogP contribution in [0.5, 0.6) is 0 Å². The standard InChI is InChI=1S/C27H24N4O3S2/c1-2-19-7-3-9-22-20(16-30(25(19)22)17-24(32)29-14-21-8-5-11-34-21)12-23-26(33)31(27(35)36-23)15-18-6-4-10-28-13-18/h3-13,16H,2,14-15,17H2,1H3,(H,29,32)/b23-12-. The number of pyridine rings is 1. The summed E-state index contributed by atoms with van der Waals surface area (Å²) < 4.78 is 7.77. The van der Waals surface area contributed by atoms with E-state index >= 15 is 0 Å². The maximum absolute atomic E-state index is 13.2. The molecule has 1 aliphatic rings. The molecule has 5 rings (SSSR count). The van der Waals surface area contributed by atoms with Crippen LogP contribution in [0, 0.1) is 0 Å². The molecule has 9 heteroatoms. The Morgan fingerprint density at radius 2 is 2.11 bits per heavy atom. The molecule has 3 aromatic heterocycles. The first kappa shape index (κ1) is 24.0. The molecule has 1 saturated heterocycles. The van der Waals surface area contributed by atoms with Gasteiger partial charge in [-0.1, -0.05) is 55.2 Å². The molecule has 0 unspecified atom stereocenters. The first-order chi connectivity index (χ1) is 17.5. The molecule has 0 bridgehead atoms. The van der Waals surface area contributed by atoms with Gasteiger partial charge in [-0.3, -0.25) is 19.5 Å². The minimum absolute atomic E-state index is 0.122. The van der Waals surface area contributed by atoms with Crippen LogP contribution in [-0.2, 0) is 35.6 Å². The van der Waals surface area contributed by atoms with Crippen molar-refractivity contribution in [2.24, 2.45) is 0 Å². The molecule has 1 N–H and O–H groups in total. The summed E-state index contributed by atoms with van der Waals surface area (Å²) in [4.78, 5) is 32.2. The Balaban J connectivity index is 1.42. The molecule has 1 aliphatic heterocycles. The number of hydrogen-bond donors (Lipinski definition) is 1. The summed E-state index contributed by atoms with van der Waals surface area (Å²) in [5.74, 6) is 0.449. The van der Waals surface area contributed by atoms with Crippen LogP contribution in [0.2, 0.25) is 0 Å². The van der Waals surface area contributed by atoms with E-state index in [-0.39, 0.29) is 18.4 Å². The minimum Gasteiger partial charge on any atom is -0.467 e. The number of fused-ring (bicyclic) bond motifs is 1. The Hall–Kier alpha value is -3.69. The molecule has 7 nitrogen and oxygen atoms in total. The predicted molar refractivity (Wildman–Crippen MR) is 145 cm³/mol. The van der Waals surface area contributed by atoms with Gasteiger partial charge in [-0.15, -0.1) is 0 Å². The van der Waals surface area contributed by atoms with Crippen molar-refractivity contribution in [1.82, 2.24) is 19.8 Å². The van der Waals surface area contributed by atoms with Crippen molar-refractivity contribution in [2.75, 3.05) is 0 Å². The highest BCUT2D eigenvalue weighted by molar-refractivity contribution is 8.26. The number of rotatable bonds is 8. The van der Waals surface area contributed by atoms with Gasteiger partial charge in [-0.05, 0) is 41.8 Å².